The van der Waals surface area contributed by atoms with Crippen LogP contribution in [0.1, 0.15) is 51.9 Å². The summed E-state index contributed by atoms with van der Waals surface area (Å²) in [5.74, 6) is 0.131. The first-order chi connectivity index (χ1) is 15.3. The SMILES string of the molecule is C[C@@H]1CSc2ccc(S(=O)(=O)N3CCCC3)cc2N(CC(=O)N(C)C2CCCCC2)C1=O. The van der Waals surface area contributed by atoms with Crippen LogP contribution in [0.3, 0.4) is 0 Å². The predicted molar refractivity (Wildman–Crippen MR) is 126 cm³/mol. The van der Waals surface area contributed by atoms with Gasteiger partial charge in [0.1, 0.15) is 6.54 Å². The fourth-order valence-corrected chi connectivity index (χ4v) is 7.41. The second-order valence-electron chi connectivity index (χ2n) is 9.17. The van der Waals surface area contributed by atoms with Crippen LogP contribution in [0.5, 0.6) is 0 Å². The molecule has 9 heteroatoms. The number of fused-ring (bicyclic) bond motifs is 1. The molecule has 2 fully saturated rings. The van der Waals surface area contributed by atoms with Gasteiger partial charge < -0.3 is 9.80 Å². The summed E-state index contributed by atoms with van der Waals surface area (Å²) in [6.45, 7) is 2.86. The van der Waals surface area contributed by atoms with Gasteiger partial charge >= 0.3 is 0 Å². The molecule has 0 unspecified atom stereocenters. The van der Waals surface area contributed by atoms with Crippen molar-refractivity contribution in [3.63, 3.8) is 0 Å². The van der Waals surface area contributed by atoms with Crippen molar-refractivity contribution in [2.75, 3.05) is 37.3 Å². The third kappa shape index (κ3) is 4.70. The van der Waals surface area contributed by atoms with Crippen molar-refractivity contribution in [1.82, 2.24) is 9.21 Å². The number of carbonyl (C=O) groups is 2. The molecule has 3 aliphatic rings. The summed E-state index contributed by atoms with van der Waals surface area (Å²) in [4.78, 5) is 30.8. The number of nitrogens with zero attached hydrogens (tertiary/aromatic N) is 3. The molecule has 4 rings (SSSR count). The molecule has 1 saturated carbocycles. The van der Waals surface area contributed by atoms with Crippen LogP contribution in [0.2, 0.25) is 0 Å². The highest BCUT2D eigenvalue weighted by atomic mass is 32.2. The predicted octanol–water partition coefficient (Wildman–Crippen LogP) is 3.34. The van der Waals surface area contributed by atoms with E-state index in [1.54, 1.807) is 34.9 Å². The standard InChI is InChI=1S/C23H33N3O4S2/c1-17-16-31-21-11-10-19(32(29,30)25-12-6-7-13-25)14-20(21)26(23(17)28)15-22(27)24(2)18-8-4-3-5-9-18/h10-11,14,17-18H,3-9,12-13,15-16H2,1-2H3/t17-/m1/s1. The monoisotopic (exact) mass is 479 g/mol. The Morgan fingerprint density at radius 2 is 1.81 bits per heavy atom. The summed E-state index contributed by atoms with van der Waals surface area (Å²) in [5, 5.41) is 0. The van der Waals surface area contributed by atoms with Gasteiger partial charge in [0, 0.05) is 42.7 Å². The lowest BCUT2D eigenvalue weighted by atomic mass is 9.94. The third-order valence-electron chi connectivity index (χ3n) is 6.91. The average Bonchev–Trinajstić information content (AvgIpc) is 3.33. The first-order valence-electron chi connectivity index (χ1n) is 11.6. The van der Waals surface area contributed by atoms with Crippen LogP contribution in [0.25, 0.3) is 0 Å². The maximum absolute atomic E-state index is 13.2. The van der Waals surface area contributed by atoms with Crippen molar-refractivity contribution in [2.24, 2.45) is 5.92 Å². The van der Waals surface area contributed by atoms with E-state index in [-0.39, 0.29) is 35.2 Å². The lowest BCUT2D eigenvalue weighted by Crippen LogP contribution is -2.47. The van der Waals surface area contributed by atoms with Crippen molar-refractivity contribution in [1.29, 1.82) is 0 Å². The number of thioether (sulfide) groups is 1. The van der Waals surface area contributed by atoms with Crippen LogP contribution in [0.4, 0.5) is 5.69 Å². The Morgan fingerprint density at radius 3 is 2.50 bits per heavy atom. The lowest BCUT2D eigenvalue weighted by molar-refractivity contribution is -0.133. The number of rotatable bonds is 5. The van der Waals surface area contributed by atoms with Gasteiger partial charge in [-0.2, -0.15) is 4.31 Å². The molecular formula is C23H33N3O4S2. The zero-order valence-electron chi connectivity index (χ0n) is 19.0. The summed E-state index contributed by atoms with van der Waals surface area (Å²) < 4.78 is 27.8. The highest BCUT2D eigenvalue weighted by Gasteiger charge is 2.34. The molecular weight excluding hydrogens is 446 g/mol. The summed E-state index contributed by atoms with van der Waals surface area (Å²) in [5.41, 5.74) is 0.537. The first-order valence-corrected chi connectivity index (χ1v) is 14.1. The minimum absolute atomic E-state index is 0.0586. The van der Waals surface area contributed by atoms with Crippen molar-refractivity contribution in [3.8, 4) is 0 Å². The minimum Gasteiger partial charge on any atom is -0.341 e. The fourth-order valence-electron chi connectivity index (χ4n) is 4.82. The van der Waals surface area contributed by atoms with Crippen LogP contribution < -0.4 is 4.90 Å². The molecule has 1 aromatic rings. The molecule has 7 nitrogen and oxygen atoms in total. The number of carbonyl (C=O) groups excluding carboxylic acids is 2. The van der Waals surface area contributed by atoms with Gasteiger partial charge in [-0.05, 0) is 43.9 Å². The van der Waals surface area contributed by atoms with Crippen molar-refractivity contribution < 1.29 is 18.0 Å². The zero-order valence-corrected chi connectivity index (χ0v) is 20.6. The van der Waals surface area contributed by atoms with Gasteiger partial charge in [0.15, 0.2) is 0 Å². The highest BCUT2D eigenvalue weighted by molar-refractivity contribution is 7.99. The Bertz CT molecular complexity index is 969. The van der Waals surface area contributed by atoms with Crippen LogP contribution in [-0.4, -0.2) is 67.9 Å². The second-order valence-corrected chi connectivity index (χ2v) is 12.2. The Hall–Kier alpha value is -1.58. The van der Waals surface area contributed by atoms with Gasteiger partial charge in [-0.3, -0.25) is 9.59 Å². The Balaban J connectivity index is 1.64. The summed E-state index contributed by atoms with van der Waals surface area (Å²) in [7, 11) is -1.78. The smallest absolute Gasteiger partial charge is 0.243 e. The zero-order chi connectivity index (χ0) is 22.9. The first kappa shape index (κ1) is 23.6. The largest absolute Gasteiger partial charge is 0.341 e. The van der Waals surface area contributed by atoms with Crippen LogP contribution in [0.15, 0.2) is 28.0 Å². The maximum Gasteiger partial charge on any atom is 0.243 e. The van der Waals surface area contributed by atoms with Crippen LogP contribution in [-0.2, 0) is 19.6 Å². The van der Waals surface area contributed by atoms with E-state index >= 15 is 0 Å². The lowest BCUT2D eigenvalue weighted by Gasteiger charge is -2.33. The molecule has 0 radical (unpaired) electrons. The van der Waals surface area contributed by atoms with E-state index in [2.05, 4.69) is 0 Å². The van der Waals surface area contributed by atoms with Gasteiger partial charge in [0.2, 0.25) is 21.8 Å². The Kier molecular flexibility index (Phi) is 7.17. The van der Waals surface area contributed by atoms with Crippen molar-refractivity contribution in [2.45, 2.75) is 67.7 Å². The summed E-state index contributed by atoms with van der Waals surface area (Å²) in [6.07, 6.45) is 7.18. The van der Waals surface area contributed by atoms with Gasteiger partial charge in [0.05, 0.1) is 10.6 Å². The number of likely N-dealkylation sites (N-methyl/N-ethyl adjacent to an activating group) is 1. The fraction of sp³-hybridized carbons (Fsp3) is 0.652. The van der Waals surface area contributed by atoms with E-state index in [0.717, 1.165) is 43.4 Å². The molecule has 0 spiro atoms. The number of hydrogen-bond donors (Lipinski definition) is 0. The molecule has 32 heavy (non-hydrogen) atoms. The van der Waals surface area contributed by atoms with Gasteiger partial charge in [-0.15, -0.1) is 11.8 Å². The summed E-state index contributed by atoms with van der Waals surface area (Å²) in [6, 6.07) is 5.23. The molecule has 1 aromatic carbocycles. The molecule has 0 N–H and O–H groups in total. The van der Waals surface area contributed by atoms with E-state index in [0.29, 0.717) is 24.5 Å². The summed E-state index contributed by atoms with van der Waals surface area (Å²) >= 11 is 1.54. The van der Waals surface area contributed by atoms with Crippen LogP contribution >= 0.6 is 11.8 Å². The molecule has 1 aliphatic carbocycles. The van der Waals surface area contributed by atoms with E-state index in [9.17, 15) is 18.0 Å². The van der Waals surface area contributed by atoms with Gasteiger partial charge in [-0.1, -0.05) is 26.2 Å². The number of hydrogen-bond acceptors (Lipinski definition) is 5. The number of amides is 2. The number of benzene rings is 1. The van der Waals surface area contributed by atoms with E-state index in [4.69, 9.17) is 0 Å². The van der Waals surface area contributed by atoms with Crippen molar-refractivity contribution in [3.05, 3.63) is 18.2 Å². The van der Waals surface area contributed by atoms with Gasteiger partial charge in [-0.25, -0.2) is 8.42 Å². The van der Waals surface area contributed by atoms with Crippen molar-refractivity contribution >= 4 is 39.3 Å². The van der Waals surface area contributed by atoms with Crippen LogP contribution in [0, 0.1) is 5.92 Å². The molecule has 1 saturated heterocycles. The third-order valence-corrected chi connectivity index (χ3v) is 10.1. The van der Waals surface area contributed by atoms with E-state index < -0.39 is 10.0 Å². The molecule has 2 amide bonds. The molecule has 176 valence electrons. The molecule has 2 heterocycles. The molecule has 1 atom stereocenters. The average molecular weight is 480 g/mol. The second kappa shape index (κ2) is 9.73. The van der Waals surface area contributed by atoms with Gasteiger partial charge in [0.25, 0.3) is 0 Å². The Morgan fingerprint density at radius 1 is 1.12 bits per heavy atom. The quantitative estimate of drug-likeness (QED) is 0.647. The van der Waals surface area contributed by atoms with E-state index in [1.807, 2.05) is 14.0 Å². The highest BCUT2D eigenvalue weighted by Crippen LogP contribution is 2.38. The number of sulfonamides is 1. The normalized spacial score (nSPS) is 23.1. The molecule has 2 aliphatic heterocycles. The molecule has 0 bridgehead atoms. The Labute approximate surface area is 195 Å². The topological polar surface area (TPSA) is 78.0 Å². The molecule has 0 aromatic heterocycles. The maximum atomic E-state index is 13.2. The minimum atomic E-state index is -3.61. The van der Waals surface area contributed by atoms with E-state index in [1.165, 1.54) is 15.6 Å². The number of anilines is 1.